The lowest BCUT2D eigenvalue weighted by Gasteiger charge is -2.34. The maximum Gasteiger partial charge on any atom is 0.0234 e. The molecule has 0 unspecified atom stereocenters. The van der Waals surface area contributed by atoms with Gasteiger partial charge in [0.1, 0.15) is 0 Å². The number of hydrogen-bond donors (Lipinski definition) is 1. The average molecular weight is 323 g/mol. The lowest BCUT2D eigenvalue weighted by molar-refractivity contribution is 0.194. The third-order valence-corrected chi connectivity index (χ3v) is 5.70. The fourth-order valence-electron chi connectivity index (χ4n) is 3.59. The van der Waals surface area contributed by atoms with Crippen LogP contribution in [0, 0.1) is 12.3 Å². The Morgan fingerprint density at radius 2 is 2.05 bits per heavy atom. The van der Waals surface area contributed by atoms with Crippen LogP contribution < -0.4 is 5.32 Å². The summed E-state index contributed by atoms with van der Waals surface area (Å²) in [5.74, 6) is 0. The molecule has 0 atom stereocenters. The first kappa shape index (κ1) is 13.6. The zero-order valence-electron chi connectivity index (χ0n) is 11.7. The molecule has 2 saturated heterocycles. The van der Waals surface area contributed by atoms with Crippen molar-refractivity contribution in [3.63, 3.8) is 0 Å². The average Bonchev–Trinajstić information content (AvgIpc) is 2.78. The lowest BCUT2D eigenvalue weighted by atomic mass is 9.78. The molecule has 104 valence electrons. The molecule has 3 rings (SSSR count). The van der Waals surface area contributed by atoms with Crippen molar-refractivity contribution in [2.45, 2.75) is 32.7 Å². The van der Waals surface area contributed by atoms with Crippen molar-refractivity contribution in [2.24, 2.45) is 5.41 Å². The van der Waals surface area contributed by atoms with Crippen LogP contribution >= 0.6 is 15.9 Å². The summed E-state index contributed by atoms with van der Waals surface area (Å²) in [6, 6.07) is 6.75. The summed E-state index contributed by atoms with van der Waals surface area (Å²) in [5.41, 5.74) is 3.41. The van der Waals surface area contributed by atoms with Crippen molar-refractivity contribution in [3.8, 4) is 0 Å². The Labute approximate surface area is 124 Å². The van der Waals surface area contributed by atoms with Gasteiger partial charge >= 0.3 is 0 Å². The Balaban J connectivity index is 1.63. The van der Waals surface area contributed by atoms with Crippen molar-refractivity contribution < 1.29 is 0 Å². The molecule has 0 radical (unpaired) electrons. The maximum absolute atomic E-state index is 3.58. The standard InChI is InChI=1S/C16H23BrN2/c1-13-10-14(2-3-15(13)17)11-19-9-6-16(12-19)4-7-18-8-5-16/h2-3,10,18H,4-9,11-12H2,1H3. The highest BCUT2D eigenvalue weighted by molar-refractivity contribution is 9.10. The Kier molecular flexibility index (Phi) is 3.97. The number of rotatable bonds is 2. The van der Waals surface area contributed by atoms with Crippen LogP contribution in [0.1, 0.15) is 30.4 Å². The topological polar surface area (TPSA) is 15.3 Å². The summed E-state index contributed by atoms with van der Waals surface area (Å²) in [6.07, 6.45) is 4.12. The number of likely N-dealkylation sites (tertiary alicyclic amines) is 1. The first-order valence-corrected chi connectivity index (χ1v) is 8.14. The highest BCUT2D eigenvalue weighted by Gasteiger charge is 2.38. The summed E-state index contributed by atoms with van der Waals surface area (Å²) in [5, 5.41) is 3.49. The minimum Gasteiger partial charge on any atom is -0.317 e. The highest BCUT2D eigenvalue weighted by Crippen LogP contribution is 2.39. The van der Waals surface area contributed by atoms with Crippen LogP contribution in [-0.2, 0) is 6.54 Å². The summed E-state index contributed by atoms with van der Waals surface area (Å²) in [7, 11) is 0. The van der Waals surface area contributed by atoms with Crippen molar-refractivity contribution in [1.82, 2.24) is 10.2 Å². The molecule has 1 aromatic rings. The van der Waals surface area contributed by atoms with Gasteiger partial charge < -0.3 is 5.32 Å². The van der Waals surface area contributed by atoms with Crippen LogP contribution in [0.4, 0.5) is 0 Å². The predicted molar refractivity (Wildman–Crippen MR) is 83.3 cm³/mol. The summed E-state index contributed by atoms with van der Waals surface area (Å²) < 4.78 is 1.22. The first-order chi connectivity index (χ1) is 9.17. The van der Waals surface area contributed by atoms with Crippen molar-refractivity contribution in [1.29, 1.82) is 0 Å². The second kappa shape index (κ2) is 5.55. The van der Waals surface area contributed by atoms with Crippen LogP contribution in [0.5, 0.6) is 0 Å². The fourth-order valence-corrected chi connectivity index (χ4v) is 3.84. The zero-order valence-corrected chi connectivity index (χ0v) is 13.3. The van der Waals surface area contributed by atoms with Crippen LogP contribution in [0.3, 0.4) is 0 Å². The summed E-state index contributed by atoms with van der Waals surface area (Å²) in [6.45, 7) is 8.28. The van der Waals surface area contributed by atoms with E-state index in [9.17, 15) is 0 Å². The highest BCUT2D eigenvalue weighted by atomic mass is 79.9. The summed E-state index contributed by atoms with van der Waals surface area (Å²) >= 11 is 3.58. The van der Waals surface area contributed by atoms with Gasteiger partial charge in [-0.2, -0.15) is 0 Å². The van der Waals surface area contributed by atoms with Gasteiger partial charge in [0.05, 0.1) is 0 Å². The molecule has 19 heavy (non-hydrogen) atoms. The Hall–Kier alpha value is -0.380. The van der Waals surface area contributed by atoms with E-state index in [-0.39, 0.29) is 0 Å². The molecule has 0 aromatic heterocycles. The fraction of sp³-hybridized carbons (Fsp3) is 0.625. The molecule has 1 N–H and O–H groups in total. The predicted octanol–water partition coefficient (Wildman–Crippen LogP) is 3.33. The number of aryl methyl sites for hydroxylation is 1. The van der Waals surface area contributed by atoms with E-state index in [0.717, 1.165) is 6.54 Å². The molecule has 0 aliphatic carbocycles. The third-order valence-electron chi connectivity index (χ3n) is 4.81. The van der Waals surface area contributed by atoms with E-state index < -0.39 is 0 Å². The number of piperidine rings is 1. The van der Waals surface area contributed by atoms with Gasteiger partial charge in [0, 0.05) is 17.6 Å². The second-order valence-electron chi connectivity index (χ2n) is 6.29. The van der Waals surface area contributed by atoms with E-state index in [0.29, 0.717) is 5.41 Å². The molecule has 0 bridgehead atoms. The van der Waals surface area contributed by atoms with Crippen LogP contribution in [0.2, 0.25) is 0 Å². The third kappa shape index (κ3) is 3.04. The zero-order chi connectivity index (χ0) is 13.3. The maximum atomic E-state index is 3.58. The smallest absolute Gasteiger partial charge is 0.0234 e. The summed E-state index contributed by atoms with van der Waals surface area (Å²) in [4.78, 5) is 2.65. The largest absolute Gasteiger partial charge is 0.317 e. The van der Waals surface area contributed by atoms with Crippen LogP contribution in [0.25, 0.3) is 0 Å². The lowest BCUT2D eigenvalue weighted by Crippen LogP contribution is -2.38. The van der Waals surface area contributed by atoms with Crippen LogP contribution in [0.15, 0.2) is 22.7 Å². The molecule has 3 heteroatoms. The molecule has 2 aliphatic rings. The van der Waals surface area contributed by atoms with Gasteiger partial charge in [-0.15, -0.1) is 0 Å². The number of nitrogens with one attached hydrogen (secondary N) is 1. The minimum atomic E-state index is 0.621. The SMILES string of the molecule is Cc1cc(CN2CCC3(CCNCC3)C2)ccc1Br. The van der Waals surface area contributed by atoms with E-state index >= 15 is 0 Å². The van der Waals surface area contributed by atoms with E-state index in [2.05, 4.69) is 51.3 Å². The normalized spacial score (nSPS) is 23.1. The van der Waals surface area contributed by atoms with Gasteiger partial charge in [-0.05, 0) is 68.4 Å². The Bertz CT molecular complexity index is 452. The molecule has 0 amide bonds. The van der Waals surface area contributed by atoms with Gasteiger partial charge in [-0.1, -0.05) is 28.1 Å². The van der Waals surface area contributed by atoms with Gasteiger partial charge in [0.15, 0.2) is 0 Å². The monoisotopic (exact) mass is 322 g/mol. The number of halogens is 1. The Morgan fingerprint density at radius 3 is 2.79 bits per heavy atom. The quantitative estimate of drug-likeness (QED) is 0.898. The van der Waals surface area contributed by atoms with Crippen molar-refractivity contribution >= 4 is 15.9 Å². The number of hydrogen-bond acceptors (Lipinski definition) is 2. The van der Waals surface area contributed by atoms with Gasteiger partial charge in [0.2, 0.25) is 0 Å². The second-order valence-corrected chi connectivity index (χ2v) is 7.15. The van der Waals surface area contributed by atoms with E-state index in [1.54, 1.807) is 0 Å². The number of benzene rings is 1. The molecule has 1 aromatic carbocycles. The minimum absolute atomic E-state index is 0.621. The molecular weight excluding hydrogens is 300 g/mol. The molecule has 0 saturated carbocycles. The molecule has 2 aliphatic heterocycles. The Morgan fingerprint density at radius 1 is 1.26 bits per heavy atom. The van der Waals surface area contributed by atoms with Gasteiger partial charge in [-0.25, -0.2) is 0 Å². The van der Waals surface area contributed by atoms with E-state index in [4.69, 9.17) is 0 Å². The molecule has 2 nitrogen and oxygen atoms in total. The molecule has 2 heterocycles. The van der Waals surface area contributed by atoms with Crippen molar-refractivity contribution in [3.05, 3.63) is 33.8 Å². The van der Waals surface area contributed by atoms with E-state index in [1.165, 1.54) is 61.0 Å². The molecular formula is C16H23BrN2. The van der Waals surface area contributed by atoms with E-state index in [1.807, 2.05) is 0 Å². The van der Waals surface area contributed by atoms with Gasteiger partial charge in [0.25, 0.3) is 0 Å². The molecule has 1 spiro atoms. The van der Waals surface area contributed by atoms with Gasteiger partial charge in [-0.3, -0.25) is 4.90 Å². The van der Waals surface area contributed by atoms with Crippen molar-refractivity contribution in [2.75, 3.05) is 26.2 Å². The van der Waals surface area contributed by atoms with Crippen LogP contribution in [-0.4, -0.2) is 31.1 Å². The number of nitrogens with zero attached hydrogens (tertiary/aromatic N) is 1. The molecule has 2 fully saturated rings. The first-order valence-electron chi connectivity index (χ1n) is 7.35.